The van der Waals surface area contributed by atoms with E-state index in [0.717, 1.165) is 5.69 Å². The summed E-state index contributed by atoms with van der Waals surface area (Å²) in [6.07, 6.45) is 0. The molecule has 3 N–H and O–H groups in total. The van der Waals surface area contributed by atoms with E-state index in [-0.39, 0.29) is 6.54 Å². The van der Waals surface area contributed by atoms with Crippen molar-refractivity contribution in [2.75, 3.05) is 30.3 Å². The van der Waals surface area contributed by atoms with Crippen LogP contribution in [0.1, 0.15) is 6.92 Å². The predicted octanol–water partition coefficient (Wildman–Crippen LogP) is 0.841. The molecule has 0 saturated heterocycles. The van der Waals surface area contributed by atoms with E-state index in [4.69, 9.17) is 5.73 Å². The molecule has 0 fully saturated rings. The highest BCUT2D eigenvalue weighted by Gasteiger charge is 2.18. The molecule has 0 aromatic heterocycles. The molecule has 0 bridgehead atoms. The van der Waals surface area contributed by atoms with Crippen molar-refractivity contribution >= 4 is 21.4 Å². The molecule has 5 nitrogen and oxygen atoms in total. The molecule has 0 saturated carbocycles. The Hall–Kier alpha value is -1.27. The number of benzene rings is 1. The number of nitrogens with two attached hydrogens (primary N) is 1. The van der Waals surface area contributed by atoms with Gasteiger partial charge in [-0.2, -0.15) is 0 Å². The summed E-state index contributed by atoms with van der Waals surface area (Å²) in [5.41, 5.74) is 6.85. The van der Waals surface area contributed by atoms with E-state index in [0.29, 0.717) is 5.69 Å². The fraction of sp³-hybridized carbons (Fsp3) is 0.455. The van der Waals surface area contributed by atoms with Gasteiger partial charge in [0.15, 0.2) is 0 Å². The van der Waals surface area contributed by atoms with Crippen molar-refractivity contribution in [1.29, 1.82) is 0 Å². The normalized spacial score (nSPS) is 13.2. The Bertz CT molecular complexity index is 471. The quantitative estimate of drug-likeness (QED) is 0.819. The van der Waals surface area contributed by atoms with Gasteiger partial charge in [-0.3, -0.25) is 4.72 Å². The molecule has 1 atom stereocenters. The highest BCUT2D eigenvalue weighted by atomic mass is 32.2. The van der Waals surface area contributed by atoms with Crippen LogP contribution in [-0.4, -0.2) is 34.3 Å². The zero-order valence-corrected chi connectivity index (χ0v) is 11.2. The van der Waals surface area contributed by atoms with Crippen LogP contribution in [0.4, 0.5) is 11.4 Å². The van der Waals surface area contributed by atoms with Crippen LogP contribution in [0.15, 0.2) is 24.3 Å². The van der Waals surface area contributed by atoms with Gasteiger partial charge in [0, 0.05) is 26.3 Å². The molecule has 1 unspecified atom stereocenters. The largest absolute Gasteiger partial charge is 0.378 e. The predicted molar refractivity (Wildman–Crippen MR) is 71.8 cm³/mol. The van der Waals surface area contributed by atoms with Crippen LogP contribution >= 0.6 is 0 Å². The summed E-state index contributed by atoms with van der Waals surface area (Å²) in [6, 6.07) is 7.21. The maximum Gasteiger partial charge on any atom is 0.236 e. The second-order valence-electron chi connectivity index (χ2n) is 4.14. The zero-order valence-electron chi connectivity index (χ0n) is 10.3. The third-order valence-electron chi connectivity index (χ3n) is 2.48. The van der Waals surface area contributed by atoms with Crippen LogP contribution < -0.4 is 15.4 Å². The van der Waals surface area contributed by atoms with Crippen LogP contribution in [0.5, 0.6) is 0 Å². The molecule has 0 aliphatic rings. The molecular formula is C11H19N3O2S. The average Bonchev–Trinajstić information content (AvgIpc) is 2.27. The van der Waals surface area contributed by atoms with Crippen molar-refractivity contribution in [3.8, 4) is 0 Å². The lowest BCUT2D eigenvalue weighted by Gasteiger charge is -2.16. The molecule has 0 aliphatic heterocycles. The molecule has 0 spiro atoms. The van der Waals surface area contributed by atoms with Crippen molar-refractivity contribution in [2.24, 2.45) is 5.73 Å². The average molecular weight is 257 g/mol. The van der Waals surface area contributed by atoms with Gasteiger partial charge in [-0.15, -0.1) is 0 Å². The lowest BCUT2D eigenvalue weighted by molar-refractivity contribution is 0.589. The first-order valence-corrected chi connectivity index (χ1v) is 6.90. The molecule has 0 radical (unpaired) electrons. The molecule has 0 heterocycles. The number of rotatable bonds is 5. The molecule has 1 aromatic rings. The Morgan fingerprint density at radius 2 is 2.06 bits per heavy atom. The molecule has 17 heavy (non-hydrogen) atoms. The van der Waals surface area contributed by atoms with Crippen molar-refractivity contribution in [3.05, 3.63) is 24.3 Å². The number of sulfonamides is 1. The smallest absolute Gasteiger partial charge is 0.236 e. The van der Waals surface area contributed by atoms with Crippen LogP contribution in [0, 0.1) is 0 Å². The number of anilines is 2. The monoisotopic (exact) mass is 257 g/mol. The maximum atomic E-state index is 11.8. The molecule has 96 valence electrons. The number of nitrogens with zero attached hydrogens (tertiary/aromatic N) is 1. The summed E-state index contributed by atoms with van der Waals surface area (Å²) in [6.45, 7) is 1.68. The Morgan fingerprint density at radius 1 is 1.41 bits per heavy atom. The minimum absolute atomic E-state index is 0.0999. The molecule has 0 aliphatic carbocycles. The topological polar surface area (TPSA) is 75.4 Å². The van der Waals surface area contributed by atoms with Crippen LogP contribution in [0.3, 0.4) is 0 Å². The molecule has 1 aromatic carbocycles. The maximum absolute atomic E-state index is 11.8. The van der Waals surface area contributed by atoms with Gasteiger partial charge in [0.2, 0.25) is 10.0 Å². The van der Waals surface area contributed by atoms with Crippen LogP contribution in [0.2, 0.25) is 0 Å². The second-order valence-corrected chi connectivity index (χ2v) is 6.24. The zero-order chi connectivity index (χ0) is 13.1. The van der Waals surface area contributed by atoms with E-state index >= 15 is 0 Å². The number of hydrogen-bond acceptors (Lipinski definition) is 4. The van der Waals surface area contributed by atoms with Gasteiger partial charge in [-0.1, -0.05) is 6.07 Å². The van der Waals surface area contributed by atoms with Crippen LogP contribution in [-0.2, 0) is 10.0 Å². The Balaban J connectivity index is 2.92. The van der Waals surface area contributed by atoms with Crippen molar-refractivity contribution in [3.63, 3.8) is 0 Å². The first-order chi connectivity index (χ1) is 7.86. The summed E-state index contributed by atoms with van der Waals surface area (Å²) in [7, 11) is 0.398. The summed E-state index contributed by atoms with van der Waals surface area (Å²) < 4.78 is 26.1. The fourth-order valence-electron chi connectivity index (χ4n) is 1.24. The molecule has 0 amide bonds. The van der Waals surface area contributed by atoms with Crippen molar-refractivity contribution < 1.29 is 8.42 Å². The first-order valence-electron chi connectivity index (χ1n) is 5.36. The first kappa shape index (κ1) is 13.8. The molecule has 1 rings (SSSR count). The van der Waals surface area contributed by atoms with E-state index < -0.39 is 15.3 Å². The third kappa shape index (κ3) is 3.61. The fourth-order valence-corrected chi connectivity index (χ4v) is 2.15. The van der Waals surface area contributed by atoms with Gasteiger partial charge in [-0.25, -0.2) is 8.42 Å². The summed E-state index contributed by atoms with van der Waals surface area (Å²) in [5.74, 6) is 0. The van der Waals surface area contributed by atoms with Gasteiger partial charge < -0.3 is 10.6 Å². The van der Waals surface area contributed by atoms with Gasteiger partial charge in [0.05, 0.1) is 10.9 Å². The van der Waals surface area contributed by atoms with E-state index in [1.807, 2.05) is 25.1 Å². The molecule has 6 heteroatoms. The second kappa shape index (κ2) is 5.37. The number of nitrogens with one attached hydrogen (secondary N) is 1. The van der Waals surface area contributed by atoms with Gasteiger partial charge in [0.1, 0.15) is 0 Å². The third-order valence-corrected chi connectivity index (χ3v) is 4.26. The summed E-state index contributed by atoms with van der Waals surface area (Å²) in [4.78, 5) is 1.91. The lowest BCUT2D eigenvalue weighted by Crippen LogP contribution is -2.31. The number of hydrogen-bond donors (Lipinski definition) is 2. The van der Waals surface area contributed by atoms with E-state index in [1.54, 1.807) is 25.1 Å². The van der Waals surface area contributed by atoms with E-state index in [2.05, 4.69) is 4.72 Å². The standard InChI is InChI=1S/C11H19N3O2S/c1-9(8-12)17(15,16)13-10-5-4-6-11(7-10)14(2)3/h4-7,9,13H,8,12H2,1-3H3. The Morgan fingerprint density at radius 3 is 2.59 bits per heavy atom. The highest BCUT2D eigenvalue weighted by Crippen LogP contribution is 2.19. The minimum Gasteiger partial charge on any atom is -0.378 e. The molecular weight excluding hydrogens is 238 g/mol. The van der Waals surface area contributed by atoms with E-state index in [1.165, 1.54) is 0 Å². The summed E-state index contributed by atoms with van der Waals surface area (Å²) >= 11 is 0. The van der Waals surface area contributed by atoms with Gasteiger partial charge >= 0.3 is 0 Å². The van der Waals surface area contributed by atoms with Gasteiger partial charge in [0.25, 0.3) is 0 Å². The minimum atomic E-state index is -3.40. The van der Waals surface area contributed by atoms with Gasteiger partial charge in [-0.05, 0) is 25.1 Å². The van der Waals surface area contributed by atoms with Crippen molar-refractivity contribution in [2.45, 2.75) is 12.2 Å². The summed E-state index contributed by atoms with van der Waals surface area (Å²) in [5, 5.41) is -0.606. The van der Waals surface area contributed by atoms with Crippen molar-refractivity contribution in [1.82, 2.24) is 0 Å². The lowest BCUT2D eigenvalue weighted by atomic mass is 10.3. The Kier molecular flexibility index (Phi) is 4.36. The van der Waals surface area contributed by atoms with Crippen LogP contribution in [0.25, 0.3) is 0 Å². The van der Waals surface area contributed by atoms with E-state index in [9.17, 15) is 8.42 Å². The SMILES string of the molecule is CC(CN)S(=O)(=O)Nc1cccc(N(C)C)c1. The highest BCUT2D eigenvalue weighted by molar-refractivity contribution is 7.93. The Labute approximate surface area is 103 Å².